The zero-order valence-electron chi connectivity index (χ0n) is 16.9. The second-order valence-corrected chi connectivity index (χ2v) is 7.35. The summed E-state index contributed by atoms with van der Waals surface area (Å²) < 4.78 is 43.5. The summed E-state index contributed by atoms with van der Waals surface area (Å²) in [6.45, 7) is 2.99. The summed E-state index contributed by atoms with van der Waals surface area (Å²) in [4.78, 5) is 6.11. The van der Waals surface area contributed by atoms with Crippen molar-refractivity contribution >= 4 is 18.1 Å². The van der Waals surface area contributed by atoms with Crippen molar-refractivity contribution in [1.82, 2.24) is 9.88 Å². The number of pyridine rings is 1. The van der Waals surface area contributed by atoms with E-state index >= 15 is 0 Å². The predicted octanol–water partition coefficient (Wildman–Crippen LogP) is 4.96. The van der Waals surface area contributed by atoms with Crippen molar-refractivity contribution in [2.24, 2.45) is 5.10 Å². The molecule has 5 nitrogen and oxygen atoms in total. The molecule has 31 heavy (non-hydrogen) atoms. The fraction of sp³-hybridized carbons (Fsp3) is 0.304. The minimum atomic E-state index is -4.40. The molecule has 1 aliphatic carbocycles. The number of hydrogen-bond donors (Lipinski definition) is 1. The largest absolute Gasteiger partial charge is 0.417 e. The van der Waals surface area contributed by atoms with Crippen molar-refractivity contribution in [3.05, 3.63) is 76.6 Å². The maximum atomic E-state index is 12.7. The highest BCUT2D eigenvalue weighted by Crippen LogP contribution is 2.35. The molecule has 0 atom stereocenters. The molecule has 2 heterocycles. The number of allylic oxidation sites excluding steroid dienone is 2. The lowest BCUT2D eigenvalue weighted by atomic mass is 10.1. The number of rotatable bonds is 5. The standard InChI is InChI=1S/C23H23F3N4O/c24-23(25,26)20-8-9-21(27-16-20)29-28-15-19-7-6-18(14-17-4-2-1-3-5-17)22(19)30-10-12-31-13-11-30/h1-5,8-9,14-16H,6-7,10-13H2,(H,27,29). The Kier molecular flexibility index (Phi) is 6.36. The van der Waals surface area contributed by atoms with Gasteiger partial charge in [0.15, 0.2) is 0 Å². The number of morpholine rings is 1. The molecule has 1 aromatic carbocycles. The minimum absolute atomic E-state index is 0.260. The molecule has 2 aromatic rings. The topological polar surface area (TPSA) is 49.8 Å². The predicted molar refractivity (Wildman–Crippen MR) is 114 cm³/mol. The Morgan fingerprint density at radius 3 is 2.48 bits per heavy atom. The zero-order chi connectivity index (χ0) is 21.7. The monoisotopic (exact) mass is 428 g/mol. The Morgan fingerprint density at radius 1 is 1.03 bits per heavy atom. The molecule has 8 heteroatoms. The summed E-state index contributed by atoms with van der Waals surface area (Å²) in [5.41, 5.74) is 6.60. The average Bonchev–Trinajstić information content (AvgIpc) is 3.17. The number of alkyl halides is 3. The lowest BCUT2D eigenvalue weighted by molar-refractivity contribution is -0.137. The molecule has 0 amide bonds. The van der Waals surface area contributed by atoms with Gasteiger partial charge in [-0.15, -0.1) is 0 Å². The molecule has 1 aliphatic heterocycles. The van der Waals surface area contributed by atoms with Crippen molar-refractivity contribution in [3.63, 3.8) is 0 Å². The third kappa shape index (κ3) is 5.32. The molecule has 2 aliphatic rings. The van der Waals surface area contributed by atoms with Gasteiger partial charge < -0.3 is 9.64 Å². The number of benzene rings is 1. The Labute approximate surface area is 178 Å². The number of halogens is 3. The van der Waals surface area contributed by atoms with Gasteiger partial charge in [-0.3, -0.25) is 5.43 Å². The molecule has 1 aromatic heterocycles. The zero-order valence-corrected chi connectivity index (χ0v) is 16.9. The fourth-order valence-corrected chi connectivity index (χ4v) is 3.73. The van der Waals surface area contributed by atoms with E-state index in [9.17, 15) is 13.2 Å². The lowest BCUT2D eigenvalue weighted by Gasteiger charge is -2.31. The molecular weight excluding hydrogens is 405 g/mol. The Hall–Kier alpha value is -3.13. The normalized spacial score (nSPS) is 18.9. The first-order valence-electron chi connectivity index (χ1n) is 10.1. The third-order valence-electron chi connectivity index (χ3n) is 5.23. The van der Waals surface area contributed by atoms with E-state index in [0.29, 0.717) is 13.2 Å². The van der Waals surface area contributed by atoms with Gasteiger partial charge in [-0.05, 0) is 47.8 Å². The molecule has 162 valence electrons. The average molecular weight is 428 g/mol. The van der Waals surface area contributed by atoms with Gasteiger partial charge in [-0.2, -0.15) is 18.3 Å². The van der Waals surface area contributed by atoms with Crippen LogP contribution in [0.1, 0.15) is 24.0 Å². The van der Waals surface area contributed by atoms with Gasteiger partial charge in [0.1, 0.15) is 5.82 Å². The van der Waals surface area contributed by atoms with E-state index in [1.165, 1.54) is 11.6 Å². The van der Waals surface area contributed by atoms with Gasteiger partial charge in [0.05, 0.1) is 25.0 Å². The Bertz CT molecular complexity index is 976. The molecular formula is C23H23F3N4O. The van der Waals surface area contributed by atoms with Crippen LogP contribution in [0, 0.1) is 0 Å². The fourth-order valence-electron chi connectivity index (χ4n) is 3.73. The SMILES string of the molecule is FC(F)(F)c1ccc(NN=CC2=C(N3CCOCC3)C(=Cc3ccccc3)CC2)nc1. The van der Waals surface area contributed by atoms with Crippen molar-refractivity contribution < 1.29 is 17.9 Å². The summed E-state index contributed by atoms with van der Waals surface area (Å²) >= 11 is 0. The molecule has 1 saturated heterocycles. The van der Waals surface area contributed by atoms with E-state index in [-0.39, 0.29) is 5.82 Å². The second-order valence-electron chi connectivity index (χ2n) is 7.35. The lowest BCUT2D eigenvalue weighted by Crippen LogP contribution is -2.36. The van der Waals surface area contributed by atoms with Crippen LogP contribution in [-0.4, -0.2) is 42.4 Å². The van der Waals surface area contributed by atoms with Crippen LogP contribution in [0.5, 0.6) is 0 Å². The quantitative estimate of drug-likeness (QED) is 0.540. The number of hydrogen-bond acceptors (Lipinski definition) is 5. The number of nitrogens with one attached hydrogen (secondary N) is 1. The van der Waals surface area contributed by atoms with Crippen molar-refractivity contribution in [2.45, 2.75) is 19.0 Å². The van der Waals surface area contributed by atoms with Crippen LogP contribution < -0.4 is 5.43 Å². The number of ether oxygens (including phenoxy) is 1. The molecule has 0 radical (unpaired) electrons. The van der Waals surface area contributed by atoms with Gasteiger partial charge in [0.2, 0.25) is 0 Å². The number of anilines is 1. The molecule has 0 spiro atoms. The molecule has 1 fully saturated rings. The van der Waals surface area contributed by atoms with Crippen LogP contribution in [-0.2, 0) is 10.9 Å². The molecule has 4 rings (SSSR count). The number of hydrazone groups is 1. The van der Waals surface area contributed by atoms with Crippen molar-refractivity contribution in [1.29, 1.82) is 0 Å². The highest BCUT2D eigenvalue weighted by atomic mass is 19.4. The summed E-state index contributed by atoms with van der Waals surface area (Å²) in [5.74, 6) is 0.260. The molecule has 0 bridgehead atoms. The summed E-state index contributed by atoms with van der Waals surface area (Å²) in [5, 5.41) is 4.24. The minimum Gasteiger partial charge on any atom is -0.378 e. The van der Waals surface area contributed by atoms with Gasteiger partial charge in [0, 0.05) is 25.0 Å². The van der Waals surface area contributed by atoms with Crippen LogP contribution in [0.25, 0.3) is 6.08 Å². The van der Waals surface area contributed by atoms with Crippen LogP contribution >= 0.6 is 0 Å². The number of aromatic nitrogens is 1. The summed E-state index contributed by atoms with van der Waals surface area (Å²) in [6.07, 6.45) is 2.09. The van der Waals surface area contributed by atoms with Gasteiger partial charge in [-0.25, -0.2) is 4.98 Å². The summed E-state index contributed by atoms with van der Waals surface area (Å²) in [6, 6.07) is 12.4. The first-order chi connectivity index (χ1) is 15.0. The molecule has 1 N–H and O–H groups in total. The maximum absolute atomic E-state index is 12.7. The highest BCUT2D eigenvalue weighted by molar-refractivity contribution is 5.84. The van der Waals surface area contributed by atoms with Crippen LogP contribution in [0.15, 0.2) is 70.6 Å². The number of nitrogens with zero attached hydrogens (tertiary/aromatic N) is 3. The smallest absolute Gasteiger partial charge is 0.378 e. The first kappa shape index (κ1) is 21.1. The van der Waals surface area contributed by atoms with E-state index in [1.54, 1.807) is 6.21 Å². The maximum Gasteiger partial charge on any atom is 0.417 e. The molecule has 0 unspecified atom stereocenters. The Balaban J connectivity index is 1.54. The van der Waals surface area contributed by atoms with Crippen LogP contribution in [0.2, 0.25) is 0 Å². The second kappa shape index (κ2) is 9.34. The first-order valence-corrected chi connectivity index (χ1v) is 10.1. The van der Waals surface area contributed by atoms with Crippen molar-refractivity contribution in [2.75, 3.05) is 31.7 Å². The van der Waals surface area contributed by atoms with Gasteiger partial charge in [-0.1, -0.05) is 30.3 Å². The van der Waals surface area contributed by atoms with Crippen molar-refractivity contribution in [3.8, 4) is 0 Å². The van der Waals surface area contributed by atoms with E-state index in [4.69, 9.17) is 4.74 Å². The van der Waals surface area contributed by atoms with Crippen LogP contribution in [0.3, 0.4) is 0 Å². The summed E-state index contributed by atoms with van der Waals surface area (Å²) in [7, 11) is 0. The van der Waals surface area contributed by atoms with Gasteiger partial charge >= 0.3 is 6.18 Å². The van der Waals surface area contributed by atoms with E-state index in [1.807, 2.05) is 18.2 Å². The Morgan fingerprint density at radius 2 is 1.81 bits per heavy atom. The van der Waals surface area contributed by atoms with Gasteiger partial charge in [0.25, 0.3) is 0 Å². The van der Waals surface area contributed by atoms with E-state index in [2.05, 4.69) is 38.6 Å². The van der Waals surface area contributed by atoms with Crippen LogP contribution in [0.4, 0.5) is 19.0 Å². The third-order valence-corrected chi connectivity index (χ3v) is 5.23. The molecule has 0 saturated carbocycles. The highest BCUT2D eigenvalue weighted by Gasteiger charge is 2.30. The van der Waals surface area contributed by atoms with E-state index < -0.39 is 11.7 Å². The van der Waals surface area contributed by atoms with E-state index in [0.717, 1.165) is 55.0 Å².